The predicted molar refractivity (Wildman–Crippen MR) is 111 cm³/mol. The van der Waals surface area contributed by atoms with Gasteiger partial charge in [-0.05, 0) is 35.1 Å². The molecule has 11 heteroatoms. The van der Waals surface area contributed by atoms with Gasteiger partial charge in [0, 0.05) is 36.6 Å². The van der Waals surface area contributed by atoms with Gasteiger partial charge in [0.25, 0.3) is 5.82 Å². The summed E-state index contributed by atoms with van der Waals surface area (Å²) in [7, 11) is 0. The molecule has 2 atom stereocenters. The Kier molecular flexibility index (Phi) is 5.43. The molecule has 170 valence electrons. The van der Waals surface area contributed by atoms with Gasteiger partial charge in [-0.15, -0.1) is 0 Å². The third-order valence-electron chi connectivity index (χ3n) is 6.24. The number of fused-ring (bicyclic) bond motifs is 1. The van der Waals surface area contributed by atoms with Crippen molar-refractivity contribution < 1.29 is 23.3 Å². The van der Waals surface area contributed by atoms with E-state index in [0.717, 1.165) is 23.5 Å². The van der Waals surface area contributed by atoms with Gasteiger partial charge in [-0.3, -0.25) is 9.88 Å². The molecule has 0 bridgehead atoms. The van der Waals surface area contributed by atoms with Crippen molar-refractivity contribution in [1.82, 2.24) is 30.0 Å². The average Bonchev–Trinajstić information content (AvgIpc) is 3.48. The first-order chi connectivity index (χ1) is 15.9. The van der Waals surface area contributed by atoms with E-state index in [-0.39, 0.29) is 12.1 Å². The second-order valence-electron chi connectivity index (χ2n) is 8.23. The van der Waals surface area contributed by atoms with Gasteiger partial charge >= 0.3 is 12.2 Å². The lowest BCUT2D eigenvalue weighted by Gasteiger charge is -2.40. The highest BCUT2D eigenvalue weighted by Crippen LogP contribution is 2.32. The number of aromatic nitrogens is 7. The monoisotopic (exact) mass is 454 g/mol. The summed E-state index contributed by atoms with van der Waals surface area (Å²) in [5.41, 5.74) is -0.769. The summed E-state index contributed by atoms with van der Waals surface area (Å²) in [4.78, 5) is 14.9. The van der Waals surface area contributed by atoms with Crippen LogP contribution in [0.25, 0.3) is 11.4 Å². The molecule has 0 saturated heterocycles. The van der Waals surface area contributed by atoms with Gasteiger partial charge < -0.3 is 5.11 Å². The Hall–Kier alpha value is -3.57. The largest absolute Gasteiger partial charge is 0.379 e. The molecule has 33 heavy (non-hydrogen) atoms. The van der Waals surface area contributed by atoms with Crippen LogP contribution in [0, 0.1) is 11.6 Å². The van der Waals surface area contributed by atoms with Crippen LogP contribution in [-0.2, 0) is 25.2 Å². The number of aromatic amines is 2. The molecule has 0 saturated carbocycles. The van der Waals surface area contributed by atoms with Gasteiger partial charge in [0.15, 0.2) is 0 Å². The number of hydrogen-bond donors (Lipinski definition) is 3. The van der Waals surface area contributed by atoms with E-state index in [1.54, 1.807) is 17.1 Å². The molecule has 5 rings (SSSR count). The molecule has 0 radical (unpaired) electrons. The Morgan fingerprint density at radius 1 is 1.27 bits per heavy atom. The van der Waals surface area contributed by atoms with Crippen molar-refractivity contribution in [2.45, 2.75) is 38.2 Å². The second kappa shape index (κ2) is 8.41. The van der Waals surface area contributed by atoms with Crippen molar-refractivity contribution in [2.24, 2.45) is 0 Å². The fourth-order valence-corrected chi connectivity index (χ4v) is 4.35. The van der Waals surface area contributed by atoms with Gasteiger partial charge in [-0.2, -0.15) is 19.6 Å². The van der Waals surface area contributed by atoms with Crippen LogP contribution in [0.4, 0.5) is 8.78 Å². The lowest BCUT2D eigenvalue weighted by Crippen LogP contribution is -2.61. The van der Waals surface area contributed by atoms with E-state index < -0.39 is 23.3 Å². The summed E-state index contributed by atoms with van der Waals surface area (Å²) >= 11 is 0. The molecular weight excluding hydrogens is 430 g/mol. The summed E-state index contributed by atoms with van der Waals surface area (Å²) in [5, 5.41) is 18.0. The highest BCUT2D eigenvalue weighted by molar-refractivity contribution is 5.51. The molecule has 0 aliphatic carbocycles. The maximum atomic E-state index is 14.9. The van der Waals surface area contributed by atoms with Crippen molar-refractivity contribution in [1.29, 1.82) is 0 Å². The molecule has 0 fully saturated rings. The van der Waals surface area contributed by atoms with Gasteiger partial charge in [0.05, 0.1) is 5.56 Å². The summed E-state index contributed by atoms with van der Waals surface area (Å²) in [5.74, 6) is 0.0117. The quantitative estimate of drug-likeness (QED) is 0.375. The van der Waals surface area contributed by atoms with Crippen molar-refractivity contribution >= 4 is 0 Å². The van der Waals surface area contributed by atoms with E-state index >= 15 is 0 Å². The van der Waals surface area contributed by atoms with Gasteiger partial charge in [0.1, 0.15) is 36.9 Å². The van der Waals surface area contributed by atoms with Gasteiger partial charge in [-0.25, -0.2) is 8.78 Å². The average molecular weight is 454 g/mol. The van der Waals surface area contributed by atoms with Crippen LogP contribution >= 0.6 is 0 Å². The molecule has 4 heterocycles. The first kappa shape index (κ1) is 21.3. The summed E-state index contributed by atoms with van der Waals surface area (Å²) < 4.78 is 32.0. The number of nitrogens with zero attached hydrogens (tertiary/aromatic N) is 6. The summed E-state index contributed by atoms with van der Waals surface area (Å²) in [6.45, 7) is 3.51. The smallest absolute Gasteiger partial charge is 0.333 e. The Bertz CT molecular complexity index is 1250. The van der Waals surface area contributed by atoms with Crippen LogP contribution in [0.3, 0.4) is 0 Å². The third kappa shape index (κ3) is 4.00. The molecule has 1 aliphatic rings. The number of hydrogen-bond acceptors (Lipinski definition) is 5. The van der Waals surface area contributed by atoms with E-state index in [1.807, 2.05) is 28.6 Å². The van der Waals surface area contributed by atoms with Crippen molar-refractivity contribution in [3.05, 3.63) is 78.4 Å². The molecule has 0 amide bonds. The van der Waals surface area contributed by atoms with E-state index in [2.05, 4.69) is 20.2 Å². The number of halogens is 2. The van der Waals surface area contributed by atoms with Crippen LogP contribution in [0.1, 0.15) is 18.3 Å². The molecule has 1 aliphatic heterocycles. The van der Waals surface area contributed by atoms with Crippen molar-refractivity contribution in [2.75, 3.05) is 6.54 Å². The van der Waals surface area contributed by atoms with Crippen molar-refractivity contribution in [3.63, 3.8) is 0 Å². The number of pyridine rings is 1. The molecule has 0 spiro atoms. The number of H-pyrrole nitrogens is 2. The van der Waals surface area contributed by atoms with Crippen LogP contribution in [0.15, 0.2) is 55.4 Å². The van der Waals surface area contributed by atoms with E-state index in [4.69, 9.17) is 4.98 Å². The maximum Gasteiger partial charge on any atom is 0.333 e. The van der Waals surface area contributed by atoms with Crippen molar-refractivity contribution in [3.8, 4) is 11.4 Å². The molecule has 9 nitrogen and oxygen atoms in total. The summed E-state index contributed by atoms with van der Waals surface area (Å²) in [6.07, 6.45) is 6.43. The molecule has 1 aromatic carbocycles. The van der Waals surface area contributed by atoms with Crippen LogP contribution in [0.5, 0.6) is 0 Å². The standard InChI is InChI=1S/C22H22F2N8O/c1-15(22(33,12-31-14-26-13-27-31)18-5-4-17(23)9-19(18)24)30-7-8-32-20(11-30)28-21(29-32)16-3-2-6-25-10-16/h2-6,9-10,13-15,33H,7-8,11-12H2,1H3/p+2/t15-,22-/m1/s1. The van der Waals surface area contributed by atoms with Crippen LogP contribution < -0.4 is 9.36 Å². The first-order valence-electron chi connectivity index (χ1n) is 10.6. The zero-order valence-electron chi connectivity index (χ0n) is 18.0. The highest BCUT2D eigenvalue weighted by Gasteiger charge is 2.45. The van der Waals surface area contributed by atoms with E-state index in [9.17, 15) is 13.9 Å². The third-order valence-corrected chi connectivity index (χ3v) is 6.24. The Balaban J connectivity index is 1.46. The zero-order chi connectivity index (χ0) is 23.0. The number of aliphatic hydroxyl groups is 1. The lowest BCUT2D eigenvalue weighted by molar-refractivity contribution is -0.768. The van der Waals surface area contributed by atoms with Crippen LogP contribution in [-0.4, -0.2) is 47.7 Å². The van der Waals surface area contributed by atoms with Crippen LogP contribution in [0.2, 0.25) is 0 Å². The fourth-order valence-electron chi connectivity index (χ4n) is 4.35. The molecule has 3 N–H and O–H groups in total. The number of nitrogens with one attached hydrogen (secondary N) is 2. The molecule has 3 aromatic heterocycles. The normalized spacial score (nSPS) is 16.8. The fraction of sp³-hybridized carbons (Fsp3) is 0.318. The summed E-state index contributed by atoms with van der Waals surface area (Å²) in [6, 6.07) is 6.50. The van der Waals surface area contributed by atoms with E-state index in [1.165, 1.54) is 18.7 Å². The Morgan fingerprint density at radius 2 is 2.15 bits per heavy atom. The van der Waals surface area contributed by atoms with Gasteiger partial charge in [-0.1, -0.05) is 6.07 Å². The maximum absolute atomic E-state index is 14.9. The minimum atomic E-state index is -1.67. The Morgan fingerprint density at radius 3 is 2.88 bits per heavy atom. The minimum absolute atomic E-state index is 0.00865. The number of rotatable bonds is 6. The first-order valence-corrected chi connectivity index (χ1v) is 10.6. The van der Waals surface area contributed by atoms with Gasteiger partial charge in [0.2, 0.25) is 6.33 Å². The lowest BCUT2D eigenvalue weighted by atomic mass is 9.85. The number of benzene rings is 1. The molecule has 0 unspecified atom stereocenters. The van der Waals surface area contributed by atoms with E-state index in [0.29, 0.717) is 25.5 Å². The highest BCUT2D eigenvalue weighted by atomic mass is 19.1. The topological polar surface area (TPSA) is 101 Å². The predicted octanol–water partition coefficient (Wildman–Crippen LogP) is 0.840. The molecule has 4 aromatic rings. The Labute approximate surface area is 188 Å². The molecular formula is C22H24F2N8O+2. The second-order valence-corrected chi connectivity index (χ2v) is 8.23. The minimum Gasteiger partial charge on any atom is -0.379 e. The zero-order valence-corrected chi connectivity index (χ0v) is 18.0. The SMILES string of the molecule is C[C@@H](N1CC[n+]2[nH]c(-c3cccnc3)nc2C1)[C@](O)(C[n+]1cnc[nH]1)c1ccc(F)cc1F.